The van der Waals surface area contributed by atoms with Crippen LogP contribution in [0, 0.1) is 0 Å². The summed E-state index contributed by atoms with van der Waals surface area (Å²) in [5.41, 5.74) is 2.17. The lowest BCUT2D eigenvalue weighted by Gasteiger charge is -2.35. The fourth-order valence-electron chi connectivity index (χ4n) is 5.11. The highest BCUT2D eigenvalue weighted by Gasteiger charge is 2.48. The van der Waals surface area contributed by atoms with Crippen molar-refractivity contribution in [3.8, 4) is 0 Å². The van der Waals surface area contributed by atoms with Gasteiger partial charge in [0.2, 0.25) is 0 Å². The zero-order valence-corrected chi connectivity index (χ0v) is 28.0. The third-order valence-electron chi connectivity index (χ3n) is 7.30. The zero-order chi connectivity index (χ0) is 31.0. The number of hydrogen-bond donors (Lipinski definition) is 1. The fraction of sp³-hybridized carbons (Fsp3) is 0.412. The van der Waals surface area contributed by atoms with E-state index in [4.69, 9.17) is 34.8 Å². The Bertz CT molecular complexity index is 1200. The lowest BCUT2D eigenvalue weighted by molar-refractivity contribution is -0.255. The number of carbonyl (C=O) groups excluding carboxylic acids is 2. The minimum absolute atomic E-state index is 0.0204. The minimum Gasteiger partial charge on any atom is -0.545 e. The van der Waals surface area contributed by atoms with Crippen molar-refractivity contribution in [2.45, 2.75) is 71.5 Å². The predicted molar refractivity (Wildman–Crippen MR) is 180 cm³/mol. The Morgan fingerprint density at radius 2 is 1.21 bits per heavy atom. The summed E-state index contributed by atoms with van der Waals surface area (Å²) in [6.45, 7) is 7.45. The maximum absolute atomic E-state index is 13.8. The van der Waals surface area contributed by atoms with Crippen molar-refractivity contribution in [3.63, 3.8) is 0 Å². The van der Waals surface area contributed by atoms with Gasteiger partial charge >= 0.3 is 0 Å². The lowest BCUT2D eigenvalue weighted by Crippen LogP contribution is -2.33. The van der Waals surface area contributed by atoms with Gasteiger partial charge in [0.15, 0.2) is 5.66 Å². The number of aromatic carboxylic acids is 1. The van der Waals surface area contributed by atoms with Crippen LogP contribution in [0.3, 0.4) is 0 Å². The number of benzene rings is 3. The van der Waals surface area contributed by atoms with E-state index in [1.54, 1.807) is 0 Å². The van der Waals surface area contributed by atoms with Crippen LogP contribution in [-0.2, 0) is 11.3 Å². The maximum Gasteiger partial charge on any atom is 0.265 e. The Labute approximate surface area is 267 Å². The summed E-state index contributed by atoms with van der Waals surface area (Å²) in [5.74, 6) is -1.18. The van der Waals surface area contributed by atoms with Gasteiger partial charge in [-0.25, -0.2) is 0 Å². The molecular weight excluding hydrogens is 608 g/mol. The average molecular weight is 651 g/mol. The van der Waals surface area contributed by atoms with Gasteiger partial charge in [-0.3, -0.25) is 4.79 Å². The molecular formula is C34H43Cl3NO3P. The van der Waals surface area contributed by atoms with Crippen molar-refractivity contribution in [1.82, 2.24) is 5.32 Å². The van der Waals surface area contributed by atoms with E-state index in [0.717, 1.165) is 5.56 Å². The summed E-state index contributed by atoms with van der Waals surface area (Å²) in [7, 11) is -1.47. The topological polar surface area (TPSA) is 69.2 Å². The van der Waals surface area contributed by atoms with E-state index in [1.165, 1.54) is 74.7 Å². The molecule has 0 heterocycles. The van der Waals surface area contributed by atoms with Crippen LogP contribution >= 0.6 is 42.1 Å². The molecule has 0 fully saturated rings. The number of amides is 1. The summed E-state index contributed by atoms with van der Waals surface area (Å²) < 4.78 is 0. The molecule has 0 aliphatic heterocycles. The van der Waals surface area contributed by atoms with E-state index in [2.05, 4.69) is 68.6 Å². The van der Waals surface area contributed by atoms with E-state index < -0.39 is 13.2 Å². The molecule has 0 spiro atoms. The van der Waals surface area contributed by atoms with Crippen molar-refractivity contribution in [2.24, 2.45) is 0 Å². The Balaban J connectivity index is 0.000000428. The minimum atomic E-state index is -1.47. The van der Waals surface area contributed by atoms with Crippen LogP contribution in [0.15, 0.2) is 72.8 Å². The monoisotopic (exact) mass is 649 g/mol. The molecule has 4 nitrogen and oxygen atoms in total. The van der Waals surface area contributed by atoms with Gasteiger partial charge in [-0.1, -0.05) is 136 Å². The Hall–Kier alpha value is -2.10. The quantitative estimate of drug-likeness (QED) is 0.167. The van der Waals surface area contributed by atoms with Gasteiger partial charge in [0, 0.05) is 30.0 Å². The summed E-state index contributed by atoms with van der Waals surface area (Å²) in [6, 6.07) is 23.5. The first-order chi connectivity index (χ1) is 20.2. The number of halogens is 3. The van der Waals surface area contributed by atoms with Gasteiger partial charge in [0.05, 0.1) is 34.5 Å². The third kappa shape index (κ3) is 11.2. The van der Waals surface area contributed by atoms with E-state index in [9.17, 15) is 14.7 Å². The summed E-state index contributed by atoms with van der Waals surface area (Å²) in [5, 5.41) is 14.0. The van der Waals surface area contributed by atoms with E-state index in [1.807, 2.05) is 18.2 Å². The molecule has 3 rings (SSSR count). The van der Waals surface area contributed by atoms with E-state index >= 15 is 0 Å². The second-order valence-corrected chi connectivity index (χ2v) is 16.0. The molecule has 0 aliphatic carbocycles. The van der Waals surface area contributed by atoms with E-state index in [-0.39, 0.29) is 32.2 Å². The van der Waals surface area contributed by atoms with E-state index in [0.29, 0.717) is 6.54 Å². The average Bonchev–Trinajstić information content (AvgIpc) is 2.97. The largest absolute Gasteiger partial charge is 0.545 e. The van der Waals surface area contributed by atoms with Gasteiger partial charge in [-0.15, -0.1) is 0 Å². The van der Waals surface area contributed by atoms with Crippen LogP contribution in [-0.4, -0.2) is 30.4 Å². The molecule has 1 amide bonds. The highest BCUT2D eigenvalue weighted by atomic mass is 35.5. The highest BCUT2D eigenvalue weighted by molar-refractivity contribution is 7.77. The fourth-order valence-corrected chi connectivity index (χ4v) is 11.8. The van der Waals surface area contributed by atoms with Crippen LogP contribution in [0.4, 0.5) is 0 Å². The Morgan fingerprint density at radius 1 is 0.762 bits per heavy atom. The van der Waals surface area contributed by atoms with Crippen molar-refractivity contribution in [3.05, 3.63) is 105 Å². The van der Waals surface area contributed by atoms with Crippen LogP contribution < -0.4 is 10.4 Å². The van der Waals surface area contributed by atoms with Crippen LogP contribution in [0.2, 0.25) is 15.1 Å². The van der Waals surface area contributed by atoms with Crippen LogP contribution in [0.25, 0.3) is 0 Å². The summed E-state index contributed by atoms with van der Waals surface area (Å²) in [6.07, 6.45) is 11.0. The Kier molecular flexibility index (Phi) is 16.5. The zero-order valence-electron chi connectivity index (χ0n) is 24.9. The molecule has 1 atom stereocenters. The number of carbonyl (C=O) groups is 2. The van der Waals surface area contributed by atoms with Gasteiger partial charge in [-0.2, -0.15) is 0 Å². The molecule has 0 saturated carbocycles. The number of nitrogens with one attached hydrogen (secondary N) is 1. The van der Waals surface area contributed by atoms with Crippen LogP contribution in [0.5, 0.6) is 0 Å². The first kappa shape index (κ1) is 36.1. The van der Waals surface area contributed by atoms with Crippen molar-refractivity contribution < 1.29 is 14.7 Å². The Morgan fingerprint density at radius 3 is 1.64 bits per heavy atom. The first-order valence-electron chi connectivity index (χ1n) is 14.8. The summed E-state index contributed by atoms with van der Waals surface area (Å²) in [4.78, 5) is 24.2. The molecule has 8 heteroatoms. The number of rotatable bonds is 15. The molecule has 42 heavy (non-hydrogen) atoms. The molecule has 1 N–H and O–H groups in total. The number of unbranched alkanes of at least 4 members (excludes halogenated alkanes) is 3. The molecule has 3 aromatic rings. The maximum atomic E-state index is 13.8. The van der Waals surface area contributed by atoms with Crippen molar-refractivity contribution >= 4 is 53.9 Å². The smallest absolute Gasteiger partial charge is 0.265 e. The SMILES string of the molecule is CCCC[P+](CCCC)(CCCC)C(C(=O)NCc1ccccc1)c1ccccc1.O=C([O-])c1c(Cl)cc(Cl)cc1Cl. The number of hydrogen-bond acceptors (Lipinski definition) is 3. The number of carboxylic acids is 1. The van der Waals surface area contributed by atoms with Crippen molar-refractivity contribution in [2.75, 3.05) is 18.5 Å². The second-order valence-electron chi connectivity index (χ2n) is 10.5. The molecule has 0 bridgehead atoms. The first-order valence-corrected chi connectivity index (χ1v) is 18.3. The molecule has 0 saturated heterocycles. The van der Waals surface area contributed by atoms with Gasteiger partial charge in [0.25, 0.3) is 5.91 Å². The molecule has 0 aliphatic rings. The van der Waals surface area contributed by atoms with Crippen LogP contribution in [0.1, 0.15) is 86.4 Å². The highest BCUT2D eigenvalue weighted by Crippen LogP contribution is 2.71. The molecule has 0 radical (unpaired) electrons. The molecule has 1 unspecified atom stereocenters. The van der Waals surface area contributed by atoms with Gasteiger partial charge in [-0.05, 0) is 37.0 Å². The van der Waals surface area contributed by atoms with Gasteiger partial charge < -0.3 is 15.2 Å². The summed E-state index contributed by atoms with van der Waals surface area (Å²) >= 11 is 16.6. The molecule has 228 valence electrons. The lowest BCUT2D eigenvalue weighted by atomic mass is 10.1. The van der Waals surface area contributed by atoms with Gasteiger partial charge in [0.1, 0.15) is 0 Å². The second kappa shape index (κ2) is 19.2. The predicted octanol–water partition coefficient (Wildman–Crippen LogP) is 9.47. The third-order valence-corrected chi connectivity index (χ3v) is 13.4. The normalized spacial score (nSPS) is 11.8. The molecule has 0 aromatic heterocycles. The number of carboxylic acid groups (broad SMARTS) is 1. The standard InChI is InChI=1S/C27H40NOP.C7H3Cl3O2/c1-4-7-20-30(21-8-5-2,22-9-6-3)26(25-18-14-11-15-19-25)27(29)28-23-24-16-12-10-13-17-24;8-3-1-4(9)6(7(11)12)5(10)2-3/h10-19,26H,4-9,20-23H2,1-3H3;1-2H,(H,11,12). The van der Waals surface area contributed by atoms with Crippen molar-refractivity contribution in [1.29, 1.82) is 0 Å². The molecule has 3 aromatic carbocycles.